The molecular weight excluding hydrogens is 242 g/mol. The molecule has 2 rings (SSSR count). The summed E-state index contributed by atoms with van der Waals surface area (Å²) in [4.78, 5) is 12.5. The molecule has 6 heteroatoms. The molecule has 0 saturated heterocycles. The van der Waals surface area contributed by atoms with Gasteiger partial charge in [0, 0.05) is 18.8 Å². The molecule has 2 aromatic rings. The summed E-state index contributed by atoms with van der Waals surface area (Å²) < 4.78 is 5.24. The number of hydrogen-bond acceptors (Lipinski definition) is 6. The quantitative estimate of drug-likeness (QED) is 0.850. The largest absolute Gasteiger partial charge is 0.339 e. The third kappa shape index (κ3) is 3.82. The molecule has 0 aliphatic carbocycles. The van der Waals surface area contributed by atoms with Crippen LogP contribution >= 0.6 is 0 Å². The van der Waals surface area contributed by atoms with Crippen LogP contribution in [0, 0.1) is 11.8 Å². The van der Waals surface area contributed by atoms with E-state index < -0.39 is 0 Å². The monoisotopic (exact) mass is 261 g/mol. The Bertz CT molecular complexity index is 497. The van der Waals surface area contributed by atoms with Gasteiger partial charge in [-0.2, -0.15) is 4.98 Å². The van der Waals surface area contributed by atoms with Crippen molar-refractivity contribution in [2.45, 2.75) is 26.7 Å². The molecule has 0 aliphatic rings. The standard InChI is InChI=1S/C13H19N5O/c1-9(2)6-10(8-14)7-11-17-13(18-19-11)12-15-4-3-5-16-12/h3-5,9-10H,6-8,14H2,1-2H3/t10-/m0/s1. The average Bonchev–Trinajstić information content (AvgIpc) is 2.87. The highest BCUT2D eigenvalue weighted by Crippen LogP contribution is 2.17. The molecule has 102 valence electrons. The molecule has 0 fully saturated rings. The lowest BCUT2D eigenvalue weighted by molar-refractivity contribution is 0.331. The first-order valence-corrected chi connectivity index (χ1v) is 6.49. The van der Waals surface area contributed by atoms with Crippen molar-refractivity contribution in [2.75, 3.05) is 6.54 Å². The lowest BCUT2D eigenvalue weighted by atomic mass is 9.94. The van der Waals surface area contributed by atoms with Crippen LogP contribution in [0.25, 0.3) is 11.6 Å². The highest BCUT2D eigenvalue weighted by Gasteiger charge is 2.16. The second-order valence-corrected chi connectivity index (χ2v) is 5.02. The van der Waals surface area contributed by atoms with Crippen LogP contribution in [0.1, 0.15) is 26.2 Å². The highest BCUT2D eigenvalue weighted by atomic mass is 16.5. The normalized spacial score (nSPS) is 12.8. The van der Waals surface area contributed by atoms with Crippen LogP contribution in [0.15, 0.2) is 23.0 Å². The van der Waals surface area contributed by atoms with Crippen LogP contribution in [-0.4, -0.2) is 26.7 Å². The maximum Gasteiger partial charge on any atom is 0.240 e. The van der Waals surface area contributed by atoms with Crippen LogP contribution in [0.2, 0.25) is 0 Å². The van der Waals surface area contributed by atoms with E-state index >= 15 is 0 Å². The van der Waals surface area contributed by atoms with Gasteiger partial charge in [0.1, 0.15) is 0 Å². The fourth-order valence-corrected chi connectivity index (χ4v) is 2.02. The minimum Gasteiger partial charge on any atom is -0.339 e. The zero-order valence-corrected chi connectivity index (χ0v) is 11.3. The summed E-state index contributed by atoms with van der Waals surface area (Å²) in [5.74, 6) is 2.47. The molecule has 0 radical (unpaired) electrons. The molecule has 0 aromatic carbocycles. The summed E-state index contributed by atoms with van der Waals surface area (Å²) in [5.41, 5.74) is 5.77. The maximum atomic E-state index is 5.77. The molecule has 2 aromatic heterocycles. The SMILES string of the molecule is CC(C)C[C@H](CN)Cc1nc(-c2ncccn2)no1. The first-order valence-electron chi connectivity index (χ1n) is 6.49. The molecule has 6 nitrogen and oxygen atoms in total. The van der Waals surface area contributed by atoms with Crippen molar-refractivity contribution in [3.05, 3.63) is 24.4 Å². The summed E-state index contributed by atoms with van der Waals surface area (Å²) in [6.07, 6.45) is 5.06. The first kappa shape index (κ1) is 13.6. The van der Waals surface area contributed by atoms with Gasteiger partial charge in [-0.15, -0.1) is 0 Å². The van der Waals surface area contributed by atoms with E-state index in [-0.39, 0.29) is 0 Å². The molecule has 2 N–H and O–H groups in total. The Morgan fingerprint density at radius 1 is 1.21 bits per heavy atom. The van der Waals surface area contributed by atoms with Gasteiger partial charge in [-0.05, 0) is 30.9 Å². The van der Waals surface area contributed by atoms with E-state index in [9.17, 15) is 0 Å². The zero-order valence-electron chi connectivity index (χ0n) is 11.3. The summed E-state index contributed by atoms with van der Waals surface area (Å²) >= 11 is 0. The molecule has 0 aliphatic heterocycles. The van der Waals surface area contributed by atoms with Gasteiger partial charge in [-0.25, -0.2) is 9.97 Å². The van der Waals surface area contributed by atoms with Gasteiger partial charge in [0.2, 0.25) is 17.5 Å². The maximum absolute atomic E-state index is 5.77. The van der Waals surface area contributed by atoms with E-state index in [0.717, 1.165) is 6.42 Å². The fraction of sp³-hybridized carbons (Fsp3) is 0.538. The molecular formula is C13H19N5O. The van der Waals surface area contributed by atoms with Crippen molar-refractivity contribution in [3.63, 3.8) is 0 Å². The summed E-state index contributed by atoms with van der Waals surface area (Å²) in [6.45, 7) is 4.98. The molecule has 0 unspecified atom stereocenters. The summed E-state index contributed by atoms with van der Waals surface area (Å²) in [7, 11) is 0. The molecule has 1 atom stereocenters. The van der Waals surface area contributed by atoms with Crippen molar-refractivity contribution >= 4 is 0 Å². The number of nitrogens with zero attached hydrogens (tertiary/aromatic N) is 4. The number of rotatable bonds is 6. The van der Waals surface area contributed by atoms with Crippen molar-refractivity contribution < 1.29 is 4.52 Å². The molecule has 0 saturated carbocycles. The predicted octanol–water partition coefficient (Wildman–Crippen LogP) is 1.69. The average molecular weight is 261 g/mol. The van der Waals surface area contributed by atoms with E-state index in [0.29, 0.717) is 42.3 Å². The van der Waals surface area contributed by atoms with E-state index in [1.807, 2.05) is 0 Å². The molecule has 0 amide bonds. The summed E-state index contributed by atoms with van der Waals surface area (Å²) in [6, 6.07) is 1.75. The number of hydrogen-bond donors (Lipinski definition) is 1. The number of aromatic nitrogens is 4. The Labute approximate surface area is 112 Å². The van der Waals surface area contributed by atoms with Gasteiger partial charge in [-0.1, -0.05) is 19.0 Å². The Morgan fingerprint density at radius 2 is 1.95 bits per heavy atom. The van der Waals surface area contributed by atoms with Gasteiger partial charge in [0.25, 0.3) is 0 Å². The molecule has 0 bridgehead atoms. The minimum atomic E-state index is 0.366. The van der Waals surface area contributed by atoms with Crippen LogP contribution in [0.5, 0.6) is 0 Å². The van der Waals surface area contributed by atoms with Gasteiger partial charge < -0.3 is 10.3 Å². The van der Waals surface area contributed by atoms with Crippen molar-refractivity contribution in [1.82, 2.24) is 20.1 Å². The van der Waals surface area contributed by atoms with Crippen molar-refractivity contribution in [1.29, 1.82) is 0 Å². The zero-order chi connectivity index (χ0) is 13.7. The Kier molecular flexibility index (Phi) is 4.57. The number of nitrogens with two attached hydrogens (primary N) is 1. The Balaban J connectivity index is 2.05. The van der Waals surface area contributed by atoms with E-state index in [1.54, 1.807) is 18.5 Å². The minimum absolute atomic E-state index is 0.366. The predicted molar refractivity (Wildman–Crippen MR) is 71.0 cm³/mol. The van der Waals surface area contributed by atoms with Crippen LogP contribution < -0.4 is 5.73 Å². The third-order valence-corrected chi connectivity index (χ3v) is 2.84. The molecule has 19 heavy (non-hydrogen) atoms. The van der Waals surface area contributed by atoms with E-state index in [1.165, 1.54) is 0 Å². The van der Waals surface area contributed by atoms with Gasteiger partial charge in [-0.3, -0.25) is 0 Å². The van der Waals surface area contributed by atoms with Crippen LogP contribution in [0.4, 0.5) is 0 Å². The van der Waals surface area contributed by atoms with Crippen molar-refractivity contribution in [3.8, 4) is 11.6 Å². The lowest BCUT2D eigenvalue weighted by Gasteiger charge is -2.14. The highest BCUT2D eigenvalue weighted by molar-refractivity contribution is 5.40. The Morgan fingerprint density at radius 3 is 2.58 bits per heavy atom. The topological polar surface area (TPSA) is 90.7 Å². The van der Waals surface area contributed by atoms with E-state index in [2.05, 4.69) is 34.0 Å². The van der Waals surface area contributed by atoms with Crippen molar-refractivity contribution in [2.24, 2.45) is 17.6 Å². The smallest absolute Gasteiger partial charge is 0.240 e. The van der Waals surface area contributed by atoms with Gasteiger partial charge >= 0.3 is 0 Å². The van der Waals surface area contributed by atoms with E-state index in [4.69, 9.17) is 10.3 Å². The second-order valence-electron chi connectivity index (χ2n) is 5.02. The van der Waals surface area contributed by atoms with Gasteiger partial charge in [0.05, 0.1) is 0 Å². The fourth-order valence-electron chi connectivity index (χ4n) is 2.02. The summed E-state index contributed by atoms with van der Waals surface area (Å²) in [5, 5.41) is 3.90. The first-order chi connectivity index (χ1) is 9.19. The lowest BCUT2D eigenvalue weighted by Crippen LogP contribution is -2.19. The van der Waals surface area contributed by atoms with Crippen LogP contribution in [0.3, 0.4) is 0 Å². The third-order valence-electron chi connectivity index (χ3n) is 2.84. The van der Waals surface area contributed by atoms with Crippen LogP contribution in [-0.2, 0) is 6.42 Å². The van der Waals surface area contributed by atoms with Gasteiger partial charge in [0.15, 0.2) is 0 Å². The second kappa shape index (κ2) is 6.38. The molecule has 2 heterocycles. The Hall–Kier alpha value is -1.82. The molecule has 0 spiro atoms.